The Labute approximate surface area is 120 Å². The molecule has 1 aliphatic carbocycles. The third-order valence-electron chi connectivity index (χ3n) is 4.04. The summed E-state index contributed by atoms with van der Waals surface area (Å²) in [6, 6.07) is 3.91. The number of benzene rings is 1. The van der Waals surface area contributed by atoms with Gasteiger partial charge in [0.1, 0.15) is 18.1 Å². The van der Waals surface area contributed by atoms with Crippen molar-refractivity contribution in [3.05, 3.63) is 38.7 Å². The fourth-order valence-electron chi connectivity index (χ4n) is 2.83. The van der Waals surface area contributed by atoms with E-state index in [-0.39, 0.29) is 5.63 Å². The molecule has 0 saturated heterocycles. The Hall–Kier alpha value is -1.52. The van der Waals surface area contributed by atoms with Crippen molar-refractivity contribution in [2.45, 2.75) is 32.4 Å². The molecule has 2 heterocycles. The highest BCUT2D eigenvalue weighted by molar-refractivity contribution is 6.33. The van der Waals surface area contributed by atoms with Gasteiger partial charge in [0.25, 0.3) is 0 Å². The molecule has 1 aromatic heterocycles. The second kappa shape index (κ2) is 4.24. The minimum atomic E-state index is -0.330. The Morgan fingerprint density at radius 1 is 1.35 bits per heavy atom. The zero-order valence-corrected chi connectivity index (χ0v) is 11.9. The second-order valence-corrected chi connectivity index (χ2v) is 5.95. The predicted octanol–water partition coefficient (Wildman–Crippen LogP) is 3.07. The van der Waals surface area contributed by atoms with Crippen LogP contribution in [-0.2, 0) is 6.54 Å². The van der Waals surface area contributed by atoms with Crippen molar-refractivity contribution in [1.29, 1.82) is 0 Å². The summed E-state index contributed by atoms with van der Waals surface area (Å²) in [7, 11) is 0. The predicted molar refractivity (Wildman–Crippen MR) is 76.3 cm³/mol. The highest BCUT2D eigenvalue weighted by Gasteiger charge is 2.34. The normalized spacial score (nSPS) is 18.9. The Morgan fingerprint density at radius 2 is 2.15 bits per heavy atom. The molecule has 104 valence electrons. The molecule has 1 saturated carbocycles. The van der Waals surface area contributed by atoms with Crippen molar-refractivity contribution in [3.8, 4) is 5.75 Å². The Balaban J connectivity index is 1.97. The molecule has 0 amide bonds. The fourth-order valence-corrected chi connectivity index (χ4v) is 3.11. The van der Waals surface area contributed by atoms with E-state index < -0.39 is 0 Å². The summed E-state index contributed by atoms with van der Waals surface area (Å²) in [4.78, 5) is 13.9. The molecule has 2 aromatic rings. The lowest BCUT2D eigenvalue weighted by Crippen LogP contribution is -2.34. The quantitative estimate of drug-likeness (QED) is 0.757. The zero-order valence-electron chi connectivity index (χ0n) is 11.1. The summed E-state index contributed by atoms with van der Waals surface area (Å²) in [5.74, 6) is 0.657. The van der Waals surface area contributed by atoms with Crippen LogP contribution in [0.1, 0.15) is 24.0 Å². The van der Waals surface area contributed by atoms with Crippen molar-refractivity contribution >= 4 is 22.6 Å². The molecule has 1 fully saturated rings. The first-order valence-corrected chi connectivity index (χ1v) is 7.14. The highest BCUT2D eigenvalue weighted by Crippen LogP contribution is 2.41. The summed E-state index contributed by atoms with van der Waals surface area (Å²) in [6.07, 6.45) is 2.42. The molecule has 4 rings (SSSR count). The van der Waals surface area contributed by atoms with Crippen LogP contribution in [-0.4, -0.2) is 17.7 Å². The Bertz CT molecular complexity index is 764. The molecular weight excluding hydrogens is 278 g/mol. The number of fused-ring (bicyclic) bond motifs is 3. The van der Waals surface area contributed by atoms with Gasteiger partial charge < -0.3 is 9.15 Å². The molecule has 0 N–H and O–H groups in total. The van der Waals surface area contributed by atoms with Crippen LogP contribution in [0.3, 0.4) is 0 Å². The first kappa shape index (κ1) is 12.2. The fraction of sp³-hybridized carbons (Fsp3) is 0.400. The molecular formula is C15H14ClNO3. The van der Waals surface area contributed by atoms with Gasteiger partial charge in [-0.15, -0.1) is 0 Å². The van der Waals surface area contributed by atoms with Gasteiger partial charge in [-0.3, -0.25) is 4.90 Å². The van der Waals surface area contributed by atoms with E-state index in [1.807, 2.05) is 13.0 Å². The molecule has 0 radical (unpaired) electrons. The van der Waals surface area contributed by atoms with Crippen molar-refractivity contribution in [1.82, 2.24) is 4.90 Å². The highest BCUT2D eigenvalue weighted by atomic mass is 35.5. The number of nitrogens with zero attached hydrogens (tertiary/aromatic N) is 1. The zero-order chi connectivity index (χ0) is 13.9. The van der Waals surface area contributed by atoms with E-state index in [1.165, 1.54) is 18.9 Å². The minimum absolute atomic E-state index is 0.330. The van der Waals surface area contributed by atoms with Gasteiger partial charge in [0.05, 0.1) is 10.6 Å². The number of hydrogen-bond acceptors (Lipinski definition) is 4. The van der Waals surface area contributed by atoms with Gasteiger partial charge in [-0.25, -0.2) is 4.79 Å². The monoisotopic (exact) mass is 291 g/mol. The van der Waals surface area contributed by atoms with Gasteiger partial charge in [0.15, 0.2) is 0 Å². The smallest absolute Gasteiger partial charge is 0.336 e. The lowest BCUT2D eigenvalue weighted by Gasteiger charge is -2.29. The molecule has 0 unspecified atom stereocenters. The van der Waals surface area contributed by atoms with E-state index in [0.717, 1.165) is 23.1 Å². The SMILES string of the molecule is Cc1cc(=O)oc2c3c(c(Cl)cc12)OCN(C1CC1)C3. The Kier molecular flexibility index (Phi) is 2.59. The van der Waals surface area contributed by atoms with E-state index in [1.54, 1.807) is 0 Å². The number of halogens is 1. The van der Waals surface area contributed by atoms with Gasteiger partial charge in [0.2, 0.25) is 0 Å². The van der Waals surface area contributed by atoms with Crippen LogP contribution in [0.2, 0.25) is 5.02 Å². The van der Waals surface area contributed by atoms with Crippen LogP contribution in [0.5, 0.6) is 5.75 Å². The third kappa shape index (κ3) is 1.83. The van der Waals surface area contributed by atoms with Crippen molar-refractivity contribution in [3.63, 3.8) is 0 Å². The summed E-state index contributed by atoms with van der Waals surface area (Å²) in [6.45, 7) is 3.17. The summed E-state index contributed by atoms with van der Waals surface area (Å²) >= 11 is 6.31. The lowest BCUT2D eigenvalue weighted by atomic mass is 10.0. The van der Waals surface area contributed by atoms with Crippen LogP contribution < -0.4 is 10.4 Å². The largest absolute Gasteiger partial charge is 0.476 e. The van der Waals surface area contributed by atoms with E-state index in [2.05, 4.69) is 4.90 Å². The molecule has 20 heavy (non-hydrogen) atoms. The average Bonchev–Trinajstić information content (AvgIpc) is 3.24. The van der Waals surface area contributed by atoms with Gasteiger partial charge in [-0.1, -0.05) is 11.6 Å². The molecule has 4 nitrogen and oxygen atoms in total. The van der Waals surface area contributed by atoms with E-state index in [4.69, 9.17) is 20.8 Å². The summed E-state index contributed by atoms with van der Waals surface area (Å²) in [5, 5.41) is 1.47. The topological polar surface area (TPSA) is 42.7 Å². The minimum Gasteiger partial charge on any atom is -0.476 e. The average molecular weight is 292 g/mol. The maximum atomic E-state index is 11.6. The van der Waals surface area contributed by atoms with Crippen LogP contribution in [0, 0.1) is 6.92 Å². The van der Waals surface area contributed by atoms with Crippen LogP contribution in [0.15, 0.2) is 21.3 Å². The number of aryl methyl sites for hydroxylation is 1. The molecule has 0 spiro atoms. The van der Waals surface area contributed by atoms with Gasteiger partial charge >= 0.3 is 5.63 Å². The van der Waals surface area contributed by atoms with Gasteiger partial charge in [0, 0.05) is 24.0 Å². The van der Waals surface area contributed by atoms with E-state index >= 15 is 0 Å². The van der Waals surface area contributed by atoms with Crippen LogP contribution in [0.25, 0.3) is 11.0 Å². The van der Waals surface area contributed by atoms with Crippen molar-refractivity contribution in [2.24, 2.45) is 0 Å². The molecule has 1 aliphatic heterocycles. The molecule has 1 aromatic carbocycles. The lowest BCUT2D eigenvalue weighted by molar-refractivity contribution is 0.0886. The molecule has 5 heteroatoms. The molecule has 0 bridgehead atoms. The van der Waals surface area contributed by atoms with Crippen molar-refractivity contribution in [2.75, 3.05) is 6.73 Å². The maximum Gasteiger partial charge on any atom is 0.336 e. The summed E-state index contributed by atoms with van der Waals surface area (Å²) in [5.41, 5.74) is 2.05. The summed E-state index contributed by atoms with van der Waals surface area (Å²) < 4.78 is 11.2. The van der Waals surface area contributed by atoms with E-state index in [9.17, 15) is 4.79 Å². The molecule has 2 aliphatic rings. The van der Waals surface area contributed by atoms with Crippen LogP contribution >= 0.6 is 11.6 Å². The second-order valence-electron chi connectivity index (χ2n) is 5.54. The van der Waals surface area contributed by atoms with E-state index in [0.29, 0.717) is 29.1 Å². The third-order valence-corrected chi connectivity index (χ3v) is 4.32. The Morgan fingerprint density at radius 3 is 2.90 bits per heavy atom. The first-order chi connectivity index (χ1) is 9.63. The van der Waals surface area contributed by atoms with Crippen LogP contribution in [0.4, 0.5) is 0 Å². The number of hydrogen-bond donors (Lipinski definition) is 0. The number of ether oxygens (including phenoxy) is 1. The molecule has 0 atom stereocenters. The van der Waals surface area contributed by atoms with Crippen molar-refractivity contribution < 1.29 is 9.15 Å². The van der Waals surface area contributed by atoms with Gasteiger partial charge in [-0.05, 0) is 31.4 Å². The standard InChI is InChI=1S/C15H14ClNO3/c1-8-4-13(18)20-14-10(8)5-12(16)15-11(14)6-17(7-19-15)9-2-3-9/h4-5,9H,2-3,6-7H2,1H3. The first-order valence-electron chi connectivity index (χ1n) is 6.76. The van der Waals surface area contributed by atoms with Gasteiger partial charge in [-0.2, -0.15) is 0 Å². The maximum absolute atomic E-state index is 11.6. The number of rotatable bonds is 1.